The number of hydrogen-bond donors (Lipinski definition) is 2. The topological polar surface area (TPSA) is 72.9 Å². The second-order valence-corrected chi connectivity index (χ2v) is 6.55. The van der Waals surface area contributed by atoms with Gasteiger partial charge in [0.1, 0.15) is 0 Å². The SMILES string of the molecule is O=C(O)C1CCN(C(=O)NCCCN2CCc3ccccc32)CC1. The van der Waals surface area contributed by atoms with Gasteiger partial charge in [0.2, 0.25) is 0 Å². The first kappa shape index (κ1) is 16.6. The molecule has 6 heteroatoms. The molecule has 0 atom stereocenters. The molecule has 0 saturated carbocycles. The molecule has 24 heavy (non-hydrogen) atoms. The quantitative estimate of drug-likeness (QED) is 0.809. The summed E-state index contributed by atoms with van der Waals surface area (Å²) in [5.41, 5.74) is 2.72. The molecule has 0 spiro atoms. The van der Waals surface area contributed by atoms with Crippen LogP contribution >= 0.6 is 0 Å². The van der Waals surface area contributed by atoms with Crippen molar-refractivity contribution in [2.45, 2.75) is 25.7 Å². The Hall–Kier alpha value is -2.24. The van der Waals surface area contributed by atoms with Crippen molar-refractivity contribution in [3.8, 4) is 0 Å². The maximum atomic E-state index is 12.1. The molecular weight excluding hydrogens is 306 g/mol. The number of benzene rings is 1. The van der Waals surface area contributed by atoms with E-state index in [2.05, 4.69) is 34.5 Å². The van der Waals surface area contributed by atoms with Crippen LogP contribution < -0.4 is 10.2 Å². The summed E-state index contributed by atoms with van der Waals surface area (Å²) in [7, 11) is 0. The highest BCUT2D eigenvalue weighted by atomic mass is 16.4. The zero-order valence-corrected chi connectivity index (χ0v) is 13.9. The number of carboxylic acid groups (broad SMARTS) is 1. The maximum Gasteiger partial charge on any atom is 0.317 e. The lowest BCUT2D eigenvalue weighted by Crippen LogP contribution is -2.46. The summed E-state index contributed by atoms with van der Waals surface area (Å²) in [5.74, 6) is -1.05. The zero-order valence-electron chi connectivity index (χ0n) is 13.9. The first-order chi connectivity index (χ1) is 11.6. The number of carbonyl (C=O) groups excluding carboxylic acids is 1. The van der Waals surface area contributed by atoms with E-state index in [0.717, 1.165) is 25.9 Å². The molecule has 1 fully saturated rings. The number of urea groups is 1. The van der Waals surface area contributed by atoms with Crippen molar-refractivity contribution in [2.75, 3.05) is 37.6 Å². The average molecular weight is 331 g/mol. The number of likely N-dealkylation sites (tertiary alicyclic amines) is 1. The summed E-state index contributed by atoms with van der Waals surface area (Å²) in [4.78, 5) is 27.2. The molecule has 0 aromatic heterocycles. The van der Waals surface area contributed by atoms with E-state index in [9.17, 15) is 9.59 Å². The summed E-state index contributed by atoms with van der Waals surface area (Å²) in [5, 5.41) is 11.9. The van der Waals surface area contributed by atoms with Crippen LogP contribution in [0.15, 0.2) is 24.3 Å². The average Bonchev–Trinajstić information content (AvgIpc) is 3.02. The van der Waals surface area contributed by atoms with Crippen LogP contribution in [0.2, 0.25) is 0 Å². The second-order valence-electron chi connectivity index (χ2n) is 6.55. The molecule has 2 amide bonds. The van der Waals surface area contributed by atoms with Crippen LogP contribution in [-0.2, 0) is 11.2 Å². The van der Waals surface area contributed by atoms with E-state index in [4.69, 9.17) is 5.11 Å². The molecule has 2 aliphatic rings. The fourth-order valence-corrected chi connectivity index (χ4v) is 3.55. The molecule has 2 aliphatic heterocycles. The molecule has 1 aromatic carbocycles. The normalized spacial score (nSPS) is 17.7. The molecule has 0 unspecified atom stereocenters. The third-order valence-electron chi connectivity index (χ3n) is 5.00. The Morgan fingerprint density at radius 1 is 1.17 bits per heavy atom. The Morgan fingerprint density at radius 2 is 1.92 bits per heavy atom. The summed E-state index contributed by atoms with van der Waals surface area (Å²) in [6.07, 6.45) is 3.10. The van der Waals surface area contributed by atoms with E-state index >= 15 is 0 Å². The molecule has 3 rings (SSSR count). The second kappa shape index (κ2) is 7.55. The summed E-state index contributed by atoms with van der Waals surface area (Å²) < 4.78 is 0. The molecule has 0 radical (unpaired) electrons. The van der Waals surface area contributed by atoms with Crippen molar-refractivity contribution in [1.82, 2.24) is 10.2 Å². The molecule has 6 nitrogen and oxygen atoms in total. The van der Waals surface area contributed by atoms with Crippen molar-refractivity contribution in [3.05, 3.63) is 29.8 Å². The highest BCUT2D eigenvalue weighted by Gasteiger charge is 2.26. The first-order valence-electron chi connectivity index (χ1n) is 8.73. The van der Waals surface area contributed by atoms with Gasteiger partial charge in [-0.15, -0.1) is 0 Å². The van der Waals surface area contributed by atoms with Crippen LogP contribution in [0.25, 0.3) is 0 Å². The van der Waals surface area contributed by atoms with E-state index in [-0.39, 0.29) is 11.9 Å². The number of rotatable bonds is 5. The fraction of sp³-hybridized carbons (Fsp3) is 0.556. The third kappa shape index (κ3) is 3.80. The first-order valence-corrected chi connectivity index (χ1v) is 8.73. The van der Waals surface area contributed by atoms with Gasteiger partial charge in [-0.05, 0) is 37.3 Å². The van der Waals surface area contributed by atoms with Crippen molar-refractivity contribution < 1.29 is 14.7 Å². The number of hydrogen-bond acceptors (Lipinski definition) is 3. The van der Waals surface area contributed by atoms with Crippen LogP contribution in [0.1, 0.15) is 24.8 Å². The van der Waals surface area contributed by atoms with Crippen molar-refractivity contribution in [2.24, 2.45) is 5.92 Å². The standard InChI is InChI=1S/C18H25N3O3/c22-17(23)15-7-12-21(13-8-15)18(24)19-9-3-10-20-11-6-14-4-1-2-5-16(14)20/h1-2,4-5,15H,3,6-13H2,(H,19,24)(H,22,23). The van der Waals surface area contributed by atoms with Gasteiger partial charge in [0.25, 0.3) is 0 Å². The number of para-hydroxylation sites is 1. The Bertz CT molecular complexity index is 597. The lowest BCUT2D eigenvalue weighted by molar-refractivity contribution is -0.143. The van der Waals surface area contributed by atoms with E-state index in [0.29, 0.717) is 32.5 Å². The number of nitrogens with zero attached hydrogens (tertiary/aromatic N) is 2. The number of anilines is 1. The molecule has 1 saturated heterocycles. The van der Waals surface area contributed by atoms with Gasteiger partial charge in [0.15, 0.2) is 0 Å². The van der Waals surface area contributed by atoms with Gasteiger partial charge in [-0.3, -0.25) is 4.79 Å². The van der Waals surface area contributed by atoms with Gasteiger partial charge < -0.3 is 20.2 Å². The van der Waals surface area contributed by atoms with E-state index in [1.54, 1.807) is 4.90 Å². The summed E-state index contributed by atoms with van der Waals surface area (Å²) in [6, 6.07) is 8.42. The Kier molecular flexibility index (Phi) is 5.23. The number of fused-ring (bicyclic) bond motifs is 1. The van der Waals surface area contributed by atoms with Crippen LogP contribution in [0.3, 0.4) is 0 Å². The van der Waals surface area contributed by atoms with Crippen molar-refractivity contribution in [1.29, 1.82) is 0 Å². The van der Waals surface area contributed by atoms with E-state index < -0.39 is 5.97 Å². The van der Waals surface area contributed by atoms with Crippen LogP contribution in [0, 0.1) is 5.92 Å². The predicted molar refractivity (Wildman–Crippen MR) is 92.3 cm³/mol. The molecule has 1 aromatic rings. The Morgan fingerprint density at radius 3 is 2.67 bits per heavy atom. The fourth-order valence-electron chi connectivity index (χ4n) is 3.55. The largest absolute Gasteiger partial charge is 0.481 e. The number of carboxylic acids is 1. The molecule has 2 heterocycles. The minimum atomic E-state index is -0.749. The number of nitrogens with one attached hydrogen (secondary N) is 1. The number of carbonyl (C=O) groups is 2. The van der Waals surface area contributed by atoms with Gasteiger partial charge >= 0.3 is 12.0 Å². The van der Waals surface area contributed by atoms with Gasteiger partial charge in [-0.2, -0.15) is 0 Å². The molecule has 0 aliphatic carbocycles. The van der Waals surface area contributed by atoms with Crippen molar-refractivity contribution >= 4 is 17.7 Å². The minimum Gasteiger partial charge on any atom is -0.481 e. The number of piperidine rings is 1. The monoisotopic (exact) mass is 331 g/mol. The van der Waals surface area contributed by atoms with Gasteiger partial charge in [0.05, 0.1) is 5.92 Å². The molecule has 130 valence electrons. The zero-order chi connectivity index (χ0) is 16.9. The van der Waals surface area contributed by atoms with E-state index in [1.807, 2.05) is 0 Å². The lowest BCUT2D eigenvalue weighted by atomic mass is 9.97. The summed E-state index contributed by atoms with van der Waals surface area (Å²) >= 11 is 0. The summed E-state index contributed by atoms with van der Waals surface area (Å²) in [6.45, 7) is 3.70. The Labute approximate surface area is 142 Å². The predicted octanol–water partition coefficient (Wildman–Crippen LogP) is 1.95. The number of aliphatic carboxylic acids is 1. The molecule has 2 N–H and O–H groups in total. The van der Waals surface area contributed by atoms with E-state index in [1.165, 1.54) is 11.3 Å². The molecule has 0 bridgehead atoms. The molecular formula is C18H25N3O3. The van der Waals surface area contributed by atoms with Gasteiger partial charge in [-0.1, -0.05) is 18.2 Å². The third-order valence-corrected chi connectivity index (χ3v) is 5.00. The van der Waals surface area contributed by atoms with Gasteiger partial charge in [0, 0.05) is 38.4 Å². The highest BCUT2D eigenvalue weighted by molar-refractivity contribution is 5.75. The van der Waals surface area contributed by atoms with Crippen LogP contribution in [0.4, 0.5) is 10.5 Å². The maximum absolute atomic E-state index is 12.1. The highest BCUT2D eigenvalue weighted by Crippen LogP contribution is 2.27. The van der Waals surface area contributed by atoms with Crippen LogP contribution in [-0.4, -0.2) is 54.7 Å². The number of amides is 2. The van der Waals surface area contributed by atoms with Gasteiger partial charge in [-0.25, -0.2) is 4.79 Å². The van der Waals surface area contributed by atoms with Crippen LogP contribution in [0.5, 0.6) is 0 Å². The van der Waals surface area contributed by atoms with Crippen molar-refractivity contribution in [3.63, 3.8) is 0 Å². The smallest absolute Gasteiger partial charge is 0.317 e. The minimum absolute atomic E-state index is 0.0688. The Balaban J connectivity index is 1.35. The lowest BCUT2D eigenvalue weighted by Gasteiger charge is -2.30.